The molecular weight excluding hydrogens is 586 g/mol. The molecule has 0 bridgehead atoms. The average molecular weight is 632 g/mol. The molecule has 1 aliphatic heterocycles. The molecule has 1 aliphatic rings. The molecule has 1 fully saturated rings. The van der Waals surface area contributed by atoms with Crippen LogP contribution in [0, 0.1) is 0 Å². The van der Waals surface area contributed by atoms with Crippen molar-refractivity contribution < 1.29 is 19.1 Å². The van der Waals surface area contributed by atoms with Gasteiger partial charge in [-0.25, -0.2) is 0 Å². The van der Waals surface area contributed by atoms with Crippen molar-refractivity contribution >= 4 is 17.9 Å². The van der Waals surface area contributed by atoms with Crippen molar-refractivity contribution in [2.75, 3.05) is 40.4 Å². The van der Waals surface area contributed by atoms with Gasteiger partial charge in [0.1, 0.15) is 17.5 Å². The van der Waals surface area contributed by atoms with Gasteiger partial charge < -0.3 is 19.3 Å². The van der Waals surface area contributed by atoms with Gasteiger partial charge in [0, 0.05) is 57.8 Å². The van der Waals surface area contributed by atoms with E-state index in [0.717, 1.165) is 42.7 Å². The summed E-state index contributed by atoms with van der Waals surface area (Å²) in [5.74, 6) is 1.01. The van der Waals surface area contributed by atoms with E-state index in [4.69, 9.17) is 9.47 Å². The van der Waals surface area contributed by atoms with E-state index in [1.807, 2.05) is 53.4 Å². The van der Waals surface area contributed by atoms with E-state index < -0.39 is 6.04 Å². The first-order valence-corrected chi connectivity index (χ1v) is 16.3. The summed E-state index contributed by atoms with van der Waals surface area (Å²) in [6.45, 7) is 6.08. The van der Waals surface area contributed by atoms with Crippen LogP contribution in [-0.4, -0.2) is 73.0 Å². The maximum absolute atomic E-state index is 14.5. The first-order chi connectivity index (χ1) is 22.9. The van der Waals surface area contributed by atoms with E-state index in [9.17, 15) is 9.59 Å². The van der Waals surface area contributed by atoms with Crippen molar-refractivity contribution in [3.8, 4) is 11.5 Å². The molecule has 0 spiro atoms. The van der Waals surface area contributed by atoms with E-state index in [-0.39, 0.29) is 11.8 Å². The predicted octanol–water partition coefficient (Wildman–Crippen LogP) is 6.26. The molecular formula is C40H45N3O4. The lowest BCUT2D eigenvalue weighted by molar-refractivity contribution is -0.145. The quantitative estimate of drug-likeness (QED) is 0.163. The van der Waals surface area contributed by atoms with Crippen LogP contribution in [0.4, 0.5) is 0 Å². The van der Waals surface area contributed by atoms with Crippen LogP contribution in [0.1, 0.15) is 34.7 Å². The molecule has 244 valence electrons. The van der Waals surface area contributed by atoms with Gasteiger partial charge in [0.15, 0.2) is 0 Å². The summed E-state index contributed by atoms with van der Waals surface area (Å²) in [6.07, 6.45) is 4.66. The number of hydrogen-bond donors (Lipinski definition) is 0. The maximum Gasteiger partial charge on any atom is 0.247 e. The summed E-state index contributed by atoms with van der Waals surface area (Å²) < 4.78 is 10.9. The highest BCUT2D eigenvalue weighted by molar-refractivity contribution is 5.96. The van der Waals surface area contributed by atoms with Crippen LogP contribution in [0.15, 0.2) is 109 Å². The molecule has 0 radical (unpaired) electrons. The standard InChI is InChI=1S/C40H45N3O4/c1-4-31-15-17-34(18-16-31)30-43(39(44)20-19-35-25-36(46-2)28-37(26-35)47-3)38(27-32-11-7-5-8-12-32)40(45)42-23-21-41(22-24-42)29-33-13-9-6-10-14-33/h5-20,25-26,28,38H,4,21-24,27,29-30H2,1-3H3. The van der Waals surface area contributed by atoms with Gasteiger partial charge in [-0.15, -0.1) is 0 Å². The summed E-state index contributed by atoms with van der Waals surface area (Å²) in [5, 5.41) is 0. The molecule has 0 aliphatic carbocycles. The fourth-order valence-electron chi connectivity index (χ4n) is 5.95. The van der Waals surface area contributed by atoms with Gasteiger partial charge in [-0.3, -0.25) is 14.5 Å². The fraction of sp³-hybridized carbons (Fsp3) is 0.300. The minimum atomic E-state index is -0.680. The van der Waals surface area contributed by atoms with Gasteiger partial charge in [-0.2, -0.15) is 0 Å². The molecule has 1 saturated heterocycles. The number of ether oxygens (including phenoxy) is 2. The molecule has 5 rings (SSSR count). The number of carbonyl (C=O) groups excluding carboxylic acids is 2. The molecule has 7 heteroatoms. The van der Waals surface area contributed by atoms with Crippen molar-refractivity contribution in [2.24, 2.45) is 0 Å². The van der Waals surface area contributed by atoms with Crippen LogP contribution in [0.2, 0.25) is 0 Å². The van der Waals surface area contributed by atoms with Crippen molar-refractivity contribution in [1.82, 2.24) is 14.7 Å². The molecule has 2 amide bonds. The van der Waals surface area contributed by atoms with Crippen molar-refractivity contribution in [2.45, 2.75) is 38.9 Å². The van der Waals surface area contributed by atoms with Gasteiger partial charge in [-0.1, -0.05) is 91.9 Å². The van der Waals surface area contributed by atoms with Crippen LogP contribution >= 0.6 is 0 Å². The van der Waals surface area contributed by atoms with Crippen LogP contribution in [0.5, 0.6) is 11.5 Å². The van der Waals surface area contributed by atoms with E-state index >= 15 is 0 Å². The number of nitrogens with zero attached hydrogens (tertiary/aromatic N) is 3. The predicted molar refractivity (Wildman–Crippen MR) is 187 cm³/mol. The lowest BCUT2D eigenvalue weighted by atomic mass is 10.0. The molecule has 0 aromatic heterocycles. The number of piperazine rings is 1. The van der Waals surface area contributed by atoms with Gasteiger partial charge in [-0.05, 0) is 52.4 Å². The third kappa shape index (κ3) is 9.33. The Kier molecular flexibility index (Phi) is 11.8. The highest BCUT2D eigenvalue weighted by Crippen LogP contribution is 2.24. The molecule has 4 aromatic carbocycles. The number of hydrogen-bond acceptors (Lipinski definition) is 5. The molecule has 0 N–H and O–H groups in total. The fourth-order valence-corrected chi connectivity index (χ4v) is 5.95. The summed E-state index contributed by atoms with van der Waals surface area (Å²) in [5.41, 5.74) is 5.24. The number of aryl methyl sites for hydroxylation is 1. The third-order valence-electron chi connectivity index (χ3n) is 8.73. The molecule has 1 atom stereocenters. The topological polar surface area (TPSA) is 62.3 Å². The van der Waals surface area contributed by atoms with Crippen LogP contribution < -0.4 is 9.47 Å². The number of amides is 2. The smallest absolute Gasteiger partial charge is 0.247 e. The number of methoxy groups -OCH3 is 2. The number of benzene rings is 4. The van der Waals surface area contributed by atoms with Gasteiger partial charge in [0.05, 0.1) is 14.2 Å². The number of carbonyl (C=O) groups is 2. The Hall–Kier alpha value is -4.88. The lowest BCUT2D eigenvalue weighted by Gasteiger charge is -2.39. The molecule has 4 aromatic rings. The third-order valence-corrected chi connectivity index (χ3v) is 8.73. The Labute approximate surface area is 279 Å². The largest absolute Gasteiger partial charge is 0.497 e. The zero-order valence-electron chi connectivity index (χ0n) is 27.7. The highest BCUT2D eigenvalue weighted by Gasteiger charge is 2.34. The second kappa shape index (κ2) is 16.6. The number of rotatable bonds is 13. The Morgan fingerprint density at radius 1 is 0.745 bits per heavy atom. The van der Waals surface area contributed by atoms with Gasteiger partial charge >= 0.3 is 0 Å². The molecule has 0 saturated carbocycles. The van der Waals surface area contributed by atoms with E-state index in [1.165, 1.54) is 11.1 Å². The Bertz CT molecular complexity index is 1590. The minimum Gasteiger partial charge on any atom is -0.497 e. The monoisotopic (exact) mass is 631 g/mol. The van der Waals surface area contributed by atoms with E-state index in [2.05, 4.69) is 60.4 Å². The second-order valence-corrected chi connectivity index (χ2v) is 11.9. The lowest BCUT2D eigenvalue weighted by Crippen LogP contribution is -2.56. The summed E-state index contributed by atoms with van der Waals surface area (Å²) in [4.78, 5) is 34.8. The Balaban J connectivity index is 1.43. The van der Waals surface area contributed by atoms with Crippen LogP contribution in [0.3, 0.4) is 0 Å². The molecule has 7 nitrogen and oxygen atoms in total. The van der Waals surface area contributed by atoms with E-state index in [1.54, 1.807) is 37.3 Å². The zero-order chi connectivity index (χ0) is 33.0. The summed E-state index contributed by atoms with van der Waals surface area (Å²) >= 11 is 0. The van der Waals surface area contributed by atoms with Gasteiger partial charge in [0.2, 0.25) is 11.8 Å². The second-order valence-electron chi connectivity index (χ2n) is 11.9. The normalized spacial score (nSPS) is 14.1. The first-order valence-electron chi connectivity index (χ1n) is 16.3. The maximum atomic E-state index is 14.5. The molecule has 47 heavy (non-hydrogen) atoms. The first kappa shape index (κ1) is 33.5. The zero-order valence-corrected chi connectivity index (χ0v) is 27.7. The van der Waals surface area contributed by atoms with Crippen molar-refractivity contribution in [3.05, 3.63) is 137 Å². The van der Waals surface area contributed by atoms with Crippen molar-refractivity contribution in [1.29, 1.82) is 0 Å². The highest BCUT2D eigenvalue weighted by atomic mass is 16.5. The summed E-state index contributed by atoms with van der Waals surface area (Å²) in [7, 11) is 3.19. The van der Waals surface area contributed by atoms with E-state index in [0.29, 0.717) is 37.6 Å². The van der Waals surface area contributed by atoms with Crippen LogP contribution in [0.25, 0.3) is 6.08 Å². The Morgan fingerprint density at radius 2 is 1.32 bits per heavy atom. The minimum absolute atomic E-state index is 0.0248. The Morgan fingerprint density at radius 3 is 1.89 bits per heavy atom. The molecule has 1 heterocycles. The van der Waals surface area contributed by atoms with Gasteiger partial charge in [0.25, 0.3) is 0 Å². The van der Waals surface area contributed by atoms with Crippen molar-refractivity contribution in [3.63, 3.8) is 0 Å². The average Bonchev–Trinajstić information content (AvgIpc) is 3.13. The summed E-state index contributed by atoms with van der Waals surface area (Å²) in [6, 6.07) is 33.5. The SMILES string of the molecule is CCc1ccc(CN(C(=O)C=Cc2cc(OC)cc(OC)c2)C(Cc2ccccc2)C(=O)N2CCN(Cc3ccccc3)CC2)cc1. The molecule has 1 unspecified atom stereocenters. The van der Waals surface area contributed by atoms with Crippen LogP contribution in [-0.2, 0) is 35.5 Å².